The first kappa shape index (κ1) is 14.7. The van der Waals surface area contributed by atoms with Crippen LogP contribution in [0.2, 0.25) is 10.0 Å². The third kappa shape index (κ3) is 3.44. The fraction of sp³-hybridized carbons (Fsp3) is 0.133. The van der Waals surface area contributed by atoms with E-state index in [9.17, 15) is 4.79 Å². The highest BCUT2D eigenvalue weighted by molar-refractivity contribution is 6.43. The summed E-state index contributed by atoms with van der Waals surface area (Å²) in [6, 6.07) is 11.0. The molecule has 2 aromatic carbocycles. The quantitative estimate of drug-likeness (QED) is 0.847. The summed E-state index contributed by atoms with van der Waals surface area (Å²) < 4.78 is 0. The average Bonchev–Trinajstić information content (AvgIpc) is 2.43. The van der Waals surface area contributed by atoms with Gasteiger partial charge in [0.1, 0.15) is 0 Å². The van der Waals surface area contributed by atoms with E-state index < -0.39 is 0 Å². The Morgan fingerprint density at radius 3 is 2.45 bits per heavy atom. The molecule has 0 saturated carbocycles. The average molecular weight is 309 g/mol. The van der Waals surface area contributed by atoms with Gasteiger partial charge in [-0.2, -0.15) is 0 Å². The Morgan fingerprint density at radius 2 is 1.85 bits per heavy atom. The van der Waals surface area contributed by atoms with Gasteiger partial charge in [-0.25, -0.2) is 0 Å². The van der Waals surface area contributed by atoms with Crippen LogP contribution in [-0.2, 0) is 6.54 Å². The number of benzene rings is 2. The second-order valence-corrected chi connectivity index (χ2v) is 5.31. The molecular weight excluding hydrogens is 295 g/mol. The summed E-state index contributed by atoms with van der Waals surface area (Å²) in [6.45, 7) is 2.46. The van der Waals surface area contributed by atoms with Gasteiger partial charge in [-0.15, -0.1) is 0 Å². The molecular formula is C15H14Cl2N2O. The minimum atomic E-state index is -0.240. The molecule has 0 saturated heterocycles. The third-order valence-electron chi connectivity index (χ3n) is 2.89. The maximum atomic E-state index is 12.0. The van der Waals surface area contributed by atoms with Gasteiger partial charge < -0.3 is 11.1 Å². The SMILES string of the molecule is Cc1ccc(CNC(=O)c2cc(N)c(Cl)c(Cl)c2)cc1. The zero-order valence-corrected chi connectivity index (χ0v) is 12.4. The van der Waals surface area contributed by atoms with Gasteiger partial charge in [0.2, 0.25) is 0 Å². The summed E-state index contributed by atoms with van der Waals surface area (Å²) >= 11 is 11.8. The van der Waals surface area contributed by atoms with Crippen molar-refractivity contribution in [3.05, 3.63) is 63.1 Å². The first-order valence-corrected chi connectivity index (χ1v) is 6.81. The third-order valence-corrected chi connectivity index (χ3v) is 3.71. The van der Waals surface area contributed by atoms with E-state index in [1.807, 2.05) is 31.2 Å². The van der Waals surface area contributed by atoms with Crippen molar-refractivity contribution >= 4 is 34.8 Å². The number of amides is 1. The molecule has 0 aliphatic carbocycles. The molecule has 20 heavy (non-hydrogen) atoms. The number of hydrogen-bond donors (Lipinski definition) is 2. The number of aryl methyl sites for hydroxylation is 1. The van der Waals surface area contributed by atoms with Crippen molar-refractivity contribution in [2.75, 3.05) is 5.73 Å². The highest BCUT2D eigenvalue weighted by atomic mass is 35.5. The van der Waals surface area contributed by atoms with Crippen LogP contribution in [0.25, 0.3) is 0 Å². The zero-order valence-electron chi connectivity index (χ0n) is 10.9. The number of rotatable bonds is 3. The van der Waals surface area contributed by atoms with E-state index in [0.717, 1.165) is 5.56 Å². The van der Waals surface area contributed by atoms with Gasteiger partial charge in [0.25, 0.3) is 5.91 Å². The lowest BCUT2D eigenvalue weighted by atomic mass is 10.1. The maximum absolute atomic E-state index is 12.0. The van der Waals surface area contributed by atoms with Crippen molar-refractivity contribution in [2.45, 2.75) is 13.5 Å². The lowest BCUT2D eigenvalue weighted by Gasteiger charge is -2.08. The molecule has 0 aliphatic heterocycles. The van der Waals surface area contributed by atoms with Crippen molar-refractivity contribution in [3.8, 4) is 0 Å². The lowest BCUT2D eigenvalue weighted by Crippen LogP contribution is -2.22. The van der Waals surface area contributed by atoms with Gasteiger partial charge >= 0.3 is 0 Å². The zero-order chi connectivity index (χ0) is 14.7. The number of hydrogen-bond acceptors (Lipinski definition) is 2. The number of anilines is 1. The van der Waals surface area contributed by atoms with E-state index in [2.05, 4.69) is 5.32 Å². The molecule has 0 aromatic heterocycles. The van der Waals surface area contributed by atoms with Crippen LogP contribution >= 0.6 is 23.2 Å². The number of carbonyl (C=O) groups excluding carboxylic acids is 1. The summed E-state index contributed by atoms with van der Waals surface area (Å²) in [5.74, 6) is -0.240. The van der Waals surface area contributed by atoms with E-state index in [4.69, 9.17) is 28.9 Å². The fourth-order valence-electron chi connectivity index (χ4n) is 1.73. The van der Waals surface area contributed by atoms with Gasteiger partial charge in [-0.1, -0.05) is 53.0 Å². The Bertz CT molecular complexity index is 616. The molecule has 0 radical (unpaired) electrons. The summed E-state index contributed by atoms with van der Waals surface area (Å²) in [7, 11) is 0. The first-order valence-electron chi connectivity index (χ1n) is 6.05. The number of halogens is 2. The van der Waals surface area contributed by atoms with E-state index in [1.54, 1.807) is 0 Å². The Kier molecular flexibility index (Phi) is 4.53. The number of nitrogens with two attached hydrogens (primary N) is 1. The molecule has 5 heteroatoms. The maximum Gasteiger partial charge on any atom is 0.251 e. The van der Waals surface area contributed by atoms with Crippen LogP contribution in [0.1, 0.15) is 21.5 Å². The number of carbonyl (C=O) groups is 1. The molecule has 1 amide bonds. The standard InChI is InChI=1S/C15H14Cl2N2O/c1-9-2-4-10(5-3-9)8-19-15(20)11-6-12(16)14(17)13(18)7-11/h2-7H,8,18H2,1H3,(H,19,20). The predicted octanol–water partition coefficient (Wildman–Crippen LogP) is 3.81. The van der Waals surface area contributed by atoms with Crippen LogP contribution in [0.3, 0.4) is 0 Å². The smallest absolute Gasteiger partial charge is 0.251 e. The number of nitrogens with one attached hydrogen (secondary N) is 1. The lowest BCUT2D eigenvalue weighted by molar-refractivity contribution is 0.0951. The largest absolute Gasteiger partial charge is 0.397 e. The monoisotopic (exact) mass is 308 g/mol. The van der Waals surface area contributed by atoms with Crippen molar-refractivity contribution in [1.82, 2.24) is 5.32 Å². The van der Waals surface area contributed by atoms with Gasteiger partial charge in [0.05, 0.1) is 15.7 Å². The minimum Gasteiger partial charge on any atom is -0.397 e. The molecule has 2 rings (SSSR count). The first-order chi connectivity index (χ1) is 9.47. The number of nitrogen functional groups attached to an aromatic ring is 1. The second kappa shape index (κ2) is 6.16. The van der Waals surface area contributed by atoms with Gasteiger partial charge in [-0.3, -0.25) is 4.79 Å². The molecule has 3 nitrogen and oxygen atoms in total. The van der Waals surface area contributed by atoms with Crippen molar-refractivity contribution in [1.29, 1.82) is 0 Å². The molecule has 2 aromatic rings. The molecule has 0 heterocycles. The van der Waals surface area contributed by atoms with Crippen LogP contribution in [0.15, 0.2) is 36.4 Å². The van der Waals surface area contributed by atoms with Crippen LogP contribution < -0.4 is 11.1 Å². The summed E-state index contributed by atoms with van der Waals surface area (Å²) in [5, 5.41) is 3.35. The molecule has 104 valence electrons. The van der Waals surface area contributed by atoms with E-state index in [0.29, 0.717) is 17.8 Å². The van der Waals surface area contributed by atoms with Gasteiger partial charge in [0, 0.05) is 12.1 Å². The van der Waals surface area contributed by atoms with E-state index in [1.165, 1.54) is 17.7 Å². The molecule has 0 atom stereocenters. The normalized spacial score (nSPS) is 10.3. The fourth-order valence-corrected chi connectivity index (χ4v) is 2.07. The summed E-state index contributed by atoms with van der Waals surface area (Å²) in [6.07, 6.45) is 0. The van der Waals surface area contributed by atoms with Crippen molar-refractivity contribution in [3.63, 3.8) is 0 Å². The molecule has 0 fully saturated rings. The summed E-state index contributed by atoms with van der Waals surface area (Å²) in [5.41, 5.74) is 8.57. The predicted molar refractivity (Wildman–Crippen MR) is 83.2 cm³/mol. The Hall–Kier alpha value is -1.71. The molecule has 3 N–H and O–H groups in total. The van der Waals surface area contributed by atoms with Crippen molar-refractivity contribution in [2.24, 2.45) is 0 Å². The van der Waals surface area contributed by atoms with E-state index >= 15 is 0 Å². The van der Waals surface area contributed by atoms with Gasteiger partial charge in [0.15, 0.2) is 0 Å². The van der Waals surface area contributed by atoms with Crippen LogP contribution in [-0.4, -0.2) is 5.91 Å². The molecule has 0 bridgehead atoms. The summed E-state index contributed by atoms with van der Waals surface area (Å²) in [4.78, 5) is 12.0. The van der Waals surface area contributed by atoms with Crippen LogP contribution in [0.5, 0.6) is 0 Å². The minimum absolute atomic E-state index is 0.240. The Labute approximate surface area is 127 Å². The highest BCUT2D eigenvalue weighted by Crippen LogP contribution is 2.29. The second-order valence-electron chi connectivity index (χ2n) is 4.53. The van der Waals surface area contributed by atoms with Crippen molar-refractivity contribution < 1.29 is 4.79 Å². The molecule has 0 spiro atoms. The Balaban J connectivity index is 2.07. The molecule has 0 unspecified atom stereocenters. The van der Waals surface area contributed by atoms with Gasteiger partial charge in [-0.05, 0) is 24.6 Å². The van der Waals surface area contributed by atoms with E-state index in [-0.39, 0.29) is 16.0 Å². The molecule has 0 aliphatic rings. The van der Waals surface area contributed by atoms with Crippen LogP contribution in [0, 0.1) is 6.92 Å². The Morgan fingerprint density at radius 1 is 1.20 bits per heavy atom. The topological polar surface area (TPSA) is 55.1 Å². The van der Waals surface area contributed by atoms with Crippen LogP contribution in [0.4, 0.5) is 5.69 Å². The highest BCUT2D eigenvalue weighted by Gasteiger charge is 2.11.